The summed E-state index contributed by atoms with van der Waals surface area (Å²) in [5.41, 5.74) is 6.87. The zero-order chi connectivity index (χ0) is 15.1. The Hall–Kier alpha value is -2.28. The molecular weight excluding hydrogens is 288 g/mol. The zero-order valence-electron chi connectivity index (χ0n) is 11.6. The fraction of sp³-hybridized carbons (Fsp3) is 0.214. The Kier molecular flexibility index (Phi) is 5.39. The number of carbonyl (C=O) groups is 1. The van der Waals surface area contributed by atoms with Crippen molar-refractivity contribution < 1.29 is 9.53 Å². The van der Waals surface area contributed by atoms with Gasteiger partial charge in [-0.1, -0.05) is 0 Å². The van der Waals surface area contributed by atoms with Gasteiger partial charge >= 0.3 is 0 Å². The van der Waals surface area contributed by atoms with Gasteiger partial charge in [0.25, 0.3) is 0 Å². The van der Waals surface area contributed by atoms with Crippen LogP contribution in [0.3, 0.4) is 0 Å². The third-order valence-corrected chi connectivity index (χ3v) is 3.58. The van der Waals surface area contributed by atoms with E-state index in [-0.39, 0.29) is 5.91 Å². The van der Waals surface area contributed by atoms with Gasteiger partial charge in [0.1, 0.15) is 12.1 Å². The number of carbonyl (C=O) groups excluding carboxylic acids is 1. The molecule has 1 amide bonds. The Bertz CT molecular complexity index is 607. The van der Waals surface area contributed by atoms with Gasteiger partial charge < -0.3 is 15.8 Å². The van der Waals surface area contributed by atoms with Crippen molar-refractivity contribution in [3.63, 3.8) is 0 Å². The minimum absolute atomic E-state index is 0.0837. The first-order valence-electron chi connectivity index (χ1n) is 6.31. The molecule has 0 spiro atoms. The number of anilines is 2. The monoisotopic (exact) mass is 304 g/mol. The van der Waals surface area contributed by atoms with Gasteiger partial charge in [-0.15, -0.1) is 11.8 Å². The maximum atomic E-state index is 11.9. The van der Waals surface area contributed by atoms with Crippen molar-refractivity contribution >= 4 is 29.0 Å². The van der Waals surface area contributed by atoms with Gasteiger partial charge in [-0.05, 0) is 18.2 Å². The number of methoxy groups -OCH3 is 1. The summed E-state index contributed by atoms with van der Waals surface area (Å²) >= 11 is 1.51. The topological polar surface area (TPSA) is 90.1 Å². The lowest BCUT2D eigenvalue weighted by molar-refractivity contribution is -0.115. The SMILES string of the molecule is COc1cc(N)ccc1NC(=O)CCSc1ccncn1. The molecule has 110 valence electrons. The van der Waals surface area contributed by atoms with E-state index in [1.54, 1.807) is 24.4 Å². The van der Waals surface area contributed by atoms with E-state index >= 15 is 0 Å². The summed E-state index contributed by atoms with van der Waals surface area (Å²) in [6, 6.07) is 6.92. The molecule has 0 aliphatic heterocycles. The van der Waals surface area contributed by atoms with Crippen LogP contribution in [0.1, 0.15) is 6.42 Å². The van der Waals surface area contributed by atoms with Crippen LogP contribution in [0.2, 0.25) is 0 Å². The van der Waals surface area contributed by atoms with Gasteiger partial charge in [0.15, 0.2) is 0 Å². The molecular formula is C14H16N4O2S. The van der Waals surface area contributed by atoms with Crippen LogP contribution < -0.4 is 15.8 Å². The number of ether oxygens (including phenoxy) is 1. The summed E-state index contributed by atoms with van der Waals surface area (Å²) in [6.07, 6.45) is 3.54. The Morgan fingerprint density at radius 2 is 2.29 bits per heavy atom. The van der Waals surface area contributed by atoms with E-state index in [0.717, 1.165) is 5.03 Å². The first-order valence-corrected chi connectivity index (χ1v) is 7.30. The number of nitrogens with two attached hydrogens (primary N) is 1. The summed E-state index contributed by atoms with van der Waals surface area (Å²) in [6.45, 7) is 0. The summed E-state index contributed by atoms with van der Waals surface area (Å²) in [7, 11) is 1.54. The second kappa shape index (κ2) is 7.49. The first-order chi connectivity index (χ1) is 10.2. The van der Waals surface area contributed by atoms with Gasteiger partial charge in [0.05, 0.1) is 17.8 Å². The molecule has 0 aliphatic carbocycles. The molecule has 2 aromatic rings. The van der Waals surface area contributed by atoms with Crippen LogP contribution in [0, 0.1) is 0 Å². The van der Waals surface area contributed by atoms with Crippen LogP contribution in [-0.4, -0.2) is 28.7 Å². The van der Waals surface area contributed by atoms with E-state index in [2.05, 4.69) is 15.3 Å². The summed E-state index contributed by atoms with van der Waals surface area (Å²) < 4.78 is 5.18. The number of nitrogens with one attached hydrogen (secondary N) is 1. The third-order valence-electron chi connectivity index (χ3n) is 2.63. The van der Waals surface area contributed by atoms with Crippen LogP contribution in [0.15, 0.2) is 41.8 Å². The lowest BCUT2D eigenvalue weighted by atomic mass is 10.2. The van der Waals surface area contributed by atoms with Crippen molar-refractivity contribution in [2.24, 2.45) is 0 Å². The van der Waals surface area contributed by atoms with E-state index in [1.165, 1.54) is 25.2 Å². The predicted molar refractivity (Wildman–Crippen MR) is 83.4 cm³/mol. The number of aromatic nitrogens is 2. The maximum Gasteiger partial charge on any atom is 0.225 e. The van der Waals surface area contributed by atoms with E-state index < -0.39 is 0 Å². The molecule has 0 fully saturated rings. The zero-order valence-corrected chi connectivity index (χ0v) is 12.4. The lowest BCUT2D eigenvalue weighted by Gasteiger charge is -2.10. The molecule has 0 bridgehead atoms. The number of benzene rings is 1. The average molecular weight is 304 g/mol. The van der Waals surface area contributed by atoms with Crippen molar-refractivity contribution in [2.75, 3.05) is 23.9 Å². The molecule has 3 N–H and O–H groups in total. The van der Waals surface area contributed by atoms with Crippen LogP contribution >= 0.6 is 11.8 Å². The van der Waals surface area contributed by atoms with E-state index in [1.807, 2.05) is 6.07 Å². The number of hydrogen-bond donors (Lipinski definition) is 2. The number of nitrogen functional groups attached to an aromatic ring is 1. The molecule has 0 aliphatic rings. The van der Waals surface area contributed by atoms with Crippen molar-refractivity contribution in [3.8, 4) is 5.75 Å². The highest BCUT2D eigenvalue weighted by atomic mass is 32.2. The summed E-state index contributed by atoms with van der Waals surface area (Å²) in [5.74, 6) is 1.10. The van der Waals surface area contributed by atoms with Crippen molar-refractivity contribution in [1.82, 2.24) is 9.97 Å². The average Bonchev–Trinajstić information content (AvgIpc) is 2.50. The molecule has 0 atom stereocenters. The predicted octanol–water partition coefficient (Wildman–Crippen LogP) is 2.19. The van der Waals surface area contributed by atoms with Crippen molar-refractivity contribution in [2.45, 2.75) is 11.4 Å². The molecule has 6 nitrogen and oxygen atoms in total. The van der Waals surface area contributed by atoms with Crippen LogP contribution in [0.25, 0.3) is 0 Å². The minimum Gasteiger partial charge on any atom is -0.494 e. The number of thioether (sulfide) groups is 1. The molecule has 0 saturated carbocycles. The van der Waals surface area contributed by atoms with Gasteiger partial charge in [-0.25, -0.2) is 9.97 Å². The first kappa shape index (κ1) is 15.1. The van der Waals surface area contributed by atoms with Crippen LogP contribution in [0.4, 0.5) is 11.4 Å². The summed E-state index contributed by atoms with van der Waals surface area (Å²) in [4.78, 5) is 19.8. The molecule has 0 unspecified atom stereocenters. The molecule has 1 heterocycles. The van der Waals surface area contributed by atoms with Gasteiger partial charge in [-0.2, -0.15) is 0 Å². The Labute approximate surface area is 127 Å². The molecule has 1 aromatic heterocycles. The van der Waals surface area contributed by atoms with Crippen molar-refractivity contribution in [3.05, 3.63) is 36.8 Å². The normalized spacial score (nSPS) is 10.1. The highest BCUT2D eigenvalue weighted by molar-refractivity contribution is 7.99. The Balaban J connectivity index is 1.85. The lowest BCUT2D eigenvalue weighted by Crippen LogP contribution is -2.13. The number of rotatable bonds is 6. The van der Waals surface area contributed by atoms with Crippen LogP contribution in [-0.2, 0) is 4.79 Å². The smallest absolute Gasteiger partial charge is 0.225 e. The Morgan fingerprint density at radius 3 is 3.00 bits per heavy atom. The molecule has 7 heteroatoms. The second-order valence-electron chi connectivity index (χ2n) is 4.15. The molecule has 1 aromatic carbocycles. The number of nitrogens with zero attached hydrogens (tertiary/aromatic N) is 2. The van der Waals surface area contributed by atoms with E-state index in [4.69, 9.17) is 10.5 Å². The van der Waals surface area contributed by atoms with Crippen molar-refractivity contribution in [1.29, 1.82) is 0 Å². The minimum atomic E-state index is -0.0837. The molecule has 0 radical (unpaired) electrons. The highest BCUT2D eigenvalue weighted by Crippen LogP contribution is 2.26. The number of amides is 1. The van der Waals surface area contributed by atoms with Crippen LogP contribution in [0.5, 0.6) is 5.75 Å². The van der Waals surface area contributed by atoms with E-state index in [0.29, 0.717) is 29.3 Å². The van der Waals surface area contributed by atoms with Gasteiger partial charge in [0, 0.05) is 30.1 Å². The molecule has 21 heavy (non-hydrogen) atoms. The van der Waals surface area contributed by atoms with Gasteiger partial charge in [0.2, 0.25) is 5.91 Å². The van der Waals surface area contributed by atoms with Gasteiger partial charge in [-0.3, -0.25) is 4.79 Å². The molecule has 2 rings (SSSR count). The largest absolute Gasteiger partial charge is 0.494 e. The number of hydrogen-bond acceptors (Lipinski definition) is 6. The third kappa shape index (κ3) is 4.64. The molecule has 0 saturated heterocycles. The maximum absolute atomic E-state index is 11.9. The van der Waals surface area contributed by atoms with E-state index in [9.17, 15) is 4.79 Å². The standard InChI is InChI=1S/C14H16N4O2S/c1-20-12-8-10(15)2-3-11(12)18-13(19)5-7-21-14-4-6-16-9-17-14/h2-4,6,8-9H,5,7,15H2,1H3,(H,18,19). The highest BCUT2D eigenvalue weighted by Gasteiger charge is 2.08. The Morgan fingerprint density at radius 1 is 1.43 bits per heavy atom. The quantitative estimate of drug-likeness (QED) is 0.483. The fourth-order valence-electron chi connectivity index (χ4n) is 1.64. The second-order valence-corrected chi connectivity index (χ2v) is 5.27. The summed E-state index contributed by atoms with van der Waals surface area (Å²) in [5, 5.41) is 3.66. The fourth-order valence-corrected chi connectivity index (χ4v) is 2.41.